The van der Waals surface area contributed by atoms with E-state index in [1.54, 1.807) is 17.7 Å². The van der Waals surface area contributed by atoms with Gasteiger partial charge in [-0.3, -0.25) is 0 Å². The SMILES string of the molecule is CCc1ccc(-c2nnc(Sc3ncnc4sccc34)o2)cc1. The lowest BCUT2D eigenvalue weighted by molar-refractivity contribution is 0.465. The lowest BCUT2D eigenvalue weighted by Crippen LogP contribution is -1.83. The van der Waals surface area contributed by atoms with Gasteiger partial charge in [0.05, 0.1) is 0 Å². The second-order valence-corrected chi connectivity index (χ2v) is 6.68. The summed E-state index contributed by atoms with van der Waals surface area (Å²) in [6.45, 7) is 2.13. The maximum Gasteiger partial charge on any atom is 0.283 e. The average Bonchev–Trinajstić information content (AvgIpc) is 3.25. The number of aromatic nitrogens is 4. The average molecular weight is 340 g/mol. The van der Waals surface area contributed by atoms with Crippen LogP contribution in [0.2, 0.25) is 0 Å². The minimum atomic E-state index is 0.478. The van der Waals surface area contributed by atoms with E-state index in [-0.39, 0.29) is 0 Å². The summed E-state index contributed by atoms with van der Waals surface area (Å²) < 4.78 is 5.76. The molecule has 0 spiro atoms. The van der Waals surface area contributed by atoms with Crippen LogP contribution < -0.4 is 0 Å². The molecule has 0 N–H and O–H groups in total. The maximum absolute atomic E-state index is 5.76. The fraction of sp³-hybridized carbons (Fsp3) is 0.125. The van der Waals surface area contributed by atoms with Crippen molar-refractivity contribution in [3.8, 4) is 11.5 Å². The van der Waals surface area contributed by atoms with Gasteiger partial charge in [0, 0.05) is 10.9 Å². The molecule has 1 aromatic carbocycles. The van der Waals surface area contributed by atoms with E-state index >= 15 is 0 Å². The Labute approximate surface area is 140 Å². The Morgan fingerprint density at radius 2 is 1.96 bits per heavy atom. The highest BCUT2D eigenvalue weighted by Crippen LogP contribution is 2.33. The van der Waals surface area contributed by atoms with E-state index in [4.69, 9.17) is 4.42 Å². The molecule has 0 aliphatic rings. The summed E-state index contributed by atoms with van der Waals surface area (Å²) in [5.74, 6) is 0.519. The standard InChI is InChI=1S/C16H12N4OS2/c1-2-10-3-5-11(6-4-10)13-19-20-16(21-13)23-15-12-7-8-22-14(12)17-9-18-15/h3-9H,2H2,1H3. The Kier molecular flexibility index (Phi) is 3.80. The highest BCUT2D eigenvalue weighted by molar-refractivity contribution is 7.99. The van der Waals surface area contributed by atoms with E-state index in [9.17, 15) is 0 Å². The maximum atomic E-state index is 5.76. The summed E-state index contributed by atoms with van der Waals surface area (Å²) in [7, 11) is 0. The smallest absolute Gasteiger partial charge is 0.283 e. The number of benzene rings is 1. The zero-order valence-electron chi connectivity index (χ0n) is 12.3. The lowest BCUT2D eigenvalue weighted by Gasteiger charge is -1.98. The van der Waals surface area contributed by atoms with Crippen molar-refractivity contribution in [2.24, 2.45) is 0 Å². The van der Waals surface area contributed by atoms with E-state index in [0.29, 0.717) is 11.1 Å². The molecule has 0 unspecified atom stereocenters. The van der Waals surface area contributed by atoms with Crippen LogP contribution in [0.4, 0.5) is 0 Å². The molecule has 114 valence electrons. The summed E-state index contributed by atoms with van der Waals surface area (Å²) in [4.78, 5) is 9.51. The van der Waals surface area contributed by atoms with Crippen molar-refractivity contribution >= 4 is 33.3 Å². The second-order valence-electron chi connectivity index (χ2n) is 4.84. The molecule has 0 saturated carbocycles. The fourth-order valence-corrected chi connectivity index (χ4v) is 3.72. The van der Waals surface area contributed by atoms with Gasteiger partial charge in [-0.05, 0) is 47.3 Å². The third-order valence-electron chi connectivity index (χ3n) is 3.42. The summed E-state index contributed by atoms with van der Waals surface area (Å²) in [5, 5.41) is 12.5. The topological polar surface area (TPSA) is 64.7 Å². The zero-order valence-corrected chi connectivity index (χ0v) is 13.9. The summed E-state index contributed by atoms with van der Waals surface area (Å²) in [5.41, 5.74) is 2.20. The Morgan fingerprint density at radius 1 is 1.09 bits per heavy atom. The predicted octanol–water partition coefficient (Wildman–Crippen LogP) is 4.45. The number of aryl methyl sites for hydroxylation is 1. The third-order valence-corrected chi connectivity index (χ3v) is 5.10. The first-order valence-electron chi connectivity index (χ1n) is 7.12. The zero-order chi connectivity index (χ0) is 15.6. The highest BCUT2D eigenvalue weighted by atomic mass is 32.2. The molecule has 0 aliphatic carbocycles. The van der Waals surface area contributed by atoms with E-state index in [2.05, 4.69) is 39.2 Å². The first-order valence-corrected chi connectivity index (χ1v) is 8.82. The van der Waals surface area contributed by atoms with Crippen molar-refractivity contribution in [3.05, 3.63) is 47.6 Å². The summed E-state index contributed by atoms with van der Waals surface area (Å²) in [6, 6.07) is 10.2. The van der Waals surface area contributed by atoms with Gasteiger partial charge in [-0.25, -0.2) is 9.97 Å². The van der Waals surface area contributed by atoms with Crippen molar-refractivity contribution < 1.29 is 4.42 Å². The van der Waals surface area contributed by atoms with Crippen molar-refractivity contribution in [2.75, 3.05) is 0 Å². The molecule has 0 atom stereocenters. The lowest BCUT2D eigenvalue weighted by atomic mass is 10.1. The Hall–Kier alpha value is -2.25. The molecule has 7 heteroatoms. The van der Waals surface area contributed by atoms with E-state index in [1.807, 2.05) is 23.6 Å². The van der Waals surface area contributed by atoms with Crippen LogP contribution in [-0.4, -0.2) is 20.2 Å². The Morgan fingerprint density at radius 3 is 2.78 bits per heavy atom. The van der Waals surface area contributed by atoms with Crippen molar-refractivity contribution in [3.63, 3.8) is 0 Å². The third kappa shape index (κ3) is 2.85. The van der Waals surface area contributed by atoms with Gasteiger partial charge in [0.1, 0.15) is 16.2 Å². The van der Waals surface area contributed by atoms with Crippen molar-refractivity contribution in [1.29, 1.82) is 0 Å². The van der Waals surface area contributed by atoms with Gasteiger partial charge in [0.2, 0.25) is 5.89 Å². The monoisotopic (exact) mass is 340 g/mol. The van der Waals surface area contributed by atoms with Gasteiger partial charge in [-0.1, -0.05) is 19.1 Å². The van der Waals surface area contributed by atoms with Crippen molar-refractivity contribution in [1.82, 2.24) is 20.2 Å². The summed E-state index contributed by atoms with van der Waals surface area (Å²) in [6.07, 6.45) is 2.57. The molecule has 4 rings (SSSR count). The number of hydrogen-bond donors (Lipinski definition) is 0. The molecule has 0 bridgehead atoms. The van der Waals surface area contributed by atoms with Gasteiger partial charge in [-0.15, -0.1) is 21.5 Å². The molecular formula is C16H12N4OS2. The van der Waals surface area contributed by atoms with Crippen LogP contribution in [0, 0.1) is 0 Å². The van der Waals surface area contributed by atoms with Gasteiger partial charge < -0.3 is 4.42 Å². The molecule has 23 heavy (non-hydrogen) atoms. The molecule has 4 aromatic rings. The van der Waals surface area contributed by atoms with Gasteiger partial charge >= 0.3 is 0 Å². The van der Waals surface area contributed by atoms with Gasteiger partial charge in [0.15, 0.2) is 0 Å². The van der Waals surface area contributed by atoms with E-state index in [1.165, 1.54) is 17.3 Å². The molecule has 0 fully saturated rings. The van der Waals surface area contributed by atoms with Crippen LogP contribution in [0.1, 0.15) is 12.5 Å². The summed E-state index contributed by atoms with van der Waals surface area (Å²) >= 11 is 2.95. The largest absolute Gasteiger partial charge is 0.411 e. The van der Waals surface area contributed by atoms with Crippen LogP contribution >= 0.6 is 23.1 Å². The highest BCUT2D eigenvalue weighted by Gasteiger charge is 2.13. The molecule has 0 saturated heterocycles. The second kappa shape index (κ2) is 6.10. The van der Waals surface area contributed by atoms with E-state index < -0.39 is 0 Å². The van der Waals surface area contributed by atoms with Crippen LogP contribution in [0.3, 0.4) is 0 Å². The number of rotatable bonds is 4. The normalized spacial score (nSPS) is 11.2. The van der Waals surface area contributed by atoms with Crippen LogP contribution in [0.15, 0.2) is 56.7 Å². The molecule has 0 radical (unpaired) electrons. The molecular weight excluding hydrogens is 328 g/mol. The molecule has 0 amide bonds. The predicted molar refractivity (Wildman–Crippen MR) is 90.7 cm³/mol. The number of thiophene rings is 1. The molecule has 3 aromatic heterocycles. The molecule has 5 nitrogen and oxygen atoms in total. The van der Waals surface area contributed by atoms with E-state index in [0.717, 1.165) is 27.2 Å². The van der Waals surface area contributed by atoms with Gasteiger partial charge in [0.25, 0.3) is 5.22 Å². The molecule has 3 heterocycles. The fourth-order valence-electron chi connectivity index (χ4n) is 2.18. The first kappa shape index (κ1) is 14.3. The van der Waals surface area contributed by atoms with Crippen molar-refractivity contribution in [2.45, 2.75) is 23.6 Å². The number of nitrogens with zero attached hydrogens (tertiary/aromatic N) is 4. The quantitative estimate of drug-likeness (QED) is 0.511. The Bertz CT molecular complexity index is 946. The number of fused-ring (bicyclic) bond motifs is 1. The minimum Gasteiger partial charge on any atom is -0.411 e. The minimum absolute atomic E-state index is 0.478. The number of hydrogen-bond acceptors (Lipinski definition) is 7. The Balaban J connectivity index is 1.61. The van der Waals surface area contributed by atoms with Crippen LogP contribution in [0.25, 0.3) is 21.7 Å². The van der Waals surface area contributed by atoms with Gasteiger partial charge in [-0.2, -0.15) is 0 Å². The van der Waals surface area contributed by atoms with Crippen LogP contribution in [-0.2, 0) is 6.42 Å². The molecule has 0 aliphatic heterocycles. The van der Waals surface area contributed by atoms with Crippen LogP contribution in [0.5, 0.6) is 0 Å². The first-order chi connectivity index (χ1) is 11.3.